The van der Waals surface area contributed by atoms with Gasteiger partial charge in [0.05, 0.1) is 6.61 Å². The predicted molar refractivity (Wildman–Crippen MR) is 73.0 cm³/mol. The van der Waals surface area contributed by atoms with Crippen molar-refractivity contribution in [1.29, 1.82) is 0 Å². The van der Waals surface area contributed by atoms with Gasteiger partial charge in [0.15, 0.2) is 0 Å². The molecule has 0 aliphatic rings. The number of hydrogen-bond donors (Lipinski definition) is 1. The summed E-state index contributed by atoms with van der Waals surface area (Å²) >= 11 is 0. The number of carboxylic acid groups (broad SMARTS) is 1. The molecule has 0 bridgehead atoms. The summed E-state index contributed by atoms with van der Waals surface area (Å²) in [6.07, 6.45) is 2.64. The van der Waals surface area contributed by atoms with Crippen molar-refractivity contribution in [2.45, 2.75) is 11.8 Å². The molecule has 0 radical (unpaired) electrons. The van der Waals surface area contributed by atoms with E-state index in [0.29, 0.717) is 0 Å². The fraction of sp³-hybridized carbons (Fsp3) is 0.267. The molecule has 0 saturated heterocycles. The van der Waals surface area contributed by atoms with Gasteiger partial charge in [-0.15, -0.1) is 0 Å². The molecule has 0 spiro atoms. The number of carboxylic acids is 1. The van der Waals surface area contributed by atoms with E-state index in [0.717, 1.165) is 5.56 Å². The third-order valence-corrected chi connectivity index (χ3v) is 2.53. The SMILES string of the molecule is O=C(O)/C=C/C(F)(F)C(F)(F)COC/C=C/c1ccccc1. The minimum Gasteiger partial charge on any atom is -0.478 e. The Kier molecular flexibility index (Phi) is 6.30. The quantitative estimate of drug-likeness (QED) is 0.452. The molecule has 3 nitrogen and oxygen atoms in total. The molecular formula is C15H14F4O3. The molecule has 0 fully saturated rings. The largest absolute Gasteiger partial charge is 0.478 e. The van der Waals surface area contributed by atoms with Crippen LogP contribution >= 0.6 is 0 Å². The van der Waals surface area contributed by atoms with Gasteiger partial charge in [-0.3, -0.25) is 0 Å². The number of hydrogen-bond acceptors (Lipinski definition) is 2. The van der Waals surface area contributed by atoms with Crippen molar-refractivity contribution >= 4 is 12.0 Å². The summed E-state index contributed by atoms with van der Waals surface area (Å²) < 4.78 is 57.3. The van der Waals surface area contributed by atoms with Gasteiger partial charge in [-0.05, 0) is 11.6 Å². The van der Waals surface area contributed by atoms with Gasteiger partial charge in [-0.1, -0.05) is 42.5 Å². The van der Waals surface area contributed by atoms with Crippen LogP contribution < -0.4 is 0 Å². The summed E-state index contributed by atoms with van der Waals surface area (Å²) in [5, 5.41) is 8.19. The van der Waals surface area contributed by atoms with Gasteiger partial charge in [0.2, 0.25) is 0 Å². The normalized spacial score (nSPS) is 13.1. The number of benzene rings is 1. The molecule has 0 amide bonds. The molecule has 1 aromatic rings. The van der Waals surface area contributed by atoms with Crippen molar-refractivity contribution in [3.8, 4) is 0 Å². The molecule has 120 valence electrons. The third-order valence-electron chi connectivity index (χ3n) is 2.53. The maximum atomic E-state index is 13.3. The molecule has 1 aromatic carbocycles. The molecule has 22 heavy (non-hydrogen) atoms. The highest BCUT2D eigenvalue weighted by molar-refractivity contribution is 5.79. The van der Waals surface area contributed by atoms with Crippen LogP contribution in [0.1, 0.15) is 5.56 Å². The van der Waals surface area contributed by atoms with E-state index in [1.807, 2.05) is 0 Å². The first-order valence-electron chi connectivity index (χ1n) is 6.22. The minimum absolute atomic E-state index is 0.0246. The molecular weight excluding hydrogens is 304 g/mol. The van der Waals surface area contributed by atoms with Gasteiger partial charge in [-0.25, -0.2) is 4.79 Å². The van der Waals surface area contributed by atoms with Crippen LogP contribution in [0.3, 0.4) is 0 Å². The lowest BCUT2D eigenvalue weighted by molar-refractivity contribution is -0.205. The summed E-state index contributed by atoms with van der Waals surface area (Å²) in [5.41, 5.74) is 0.813. The Morgan fingerprint density at radius 1 is 1.18 bits per heavy atom. The van der Waals surface area contributed by atoms with Crippen LogP contribution in [0.25, 0.3) is 6.08 Å². The maximum absolute atomic E-state index is 13.3. The number of aliphatic carboxylic acids is 1. The average molecular weight is 318 g/mol. The first-order chi connectivity index (χ1) is 10.2. The highest BCUT2D eigenvalue weighted by Gasteiger charge is 2.54. The number of alkyl halides is 4. The second kappa shape index (κ2) is 7.74. The Labute approximate surface area is 124 Å². The van der Waals surface area contributed by atoms with Crippen molar-refractivity contribution in [2.75, 3.05) is 13.2 Å². The highest BCUT2D eigenvalue weighted by atomic mass is 19.3. The number of carbonyl (C=O) groups is 1. The van der Waals surface area contributed by atoms with Crippen LogP contribution in [0.15, 0.2) is 48.6 Å². The third kappa shape index (κ3) is 5.69. The molecule has 0 aliphatic carbocycles. The lowest BCUT2D eigenvalue weighted by Crippen LogP contribution is -2.43. The molecule has 7 heteroatoms. The van der Waals surface area contributed by atoms with E-state index >= 15 is 0 Å². The molecule has 0 unspecified atom stereocenters. The fourth-order valence-corrected chi connectivity index (χ4v) is 1.40. The second-order valence-corrected chi connectivity index (χ2v) is 4.33. The first kappa shape index (κ1) is 17.9. The van der Waals surface area contributed by atoms with E-state index in [1.54, 1.807) is 36.4 Å². The monoisotopic (exact) mass is 318 g/mol. The topological polar surface area (TPSA) is 46.5 Å². The predicted octanol–water partition coefficient (Wildman–Crippen LogP) is 3.63. The standard InChI is InChI=1S/C15H14F4O3/c16-14(17,9-8-13(20)21)15(18,19)11-22-10-4-7-12-5-2-1-3-6-12/h1-9H,10-11H2,(H,20,21)/b7-4+,9-8+. The van der Waals surface area contributed by atoms with Gasteiger partial charge >= 0.3 is 17.8 Å². The molecule has 0 aromatic heterocycles. The Morgan fingerprint density at radius 3 is 2.41 bits per heavy atom. The van der Waals surface area contributed by atoms with Gasteiger partial charge in [0, 0.05) is 6.08 Å². The van der Waals surface area contributed by atoms with Gasteiger partial charge < -0.3 is 9.84 Å². The van der Waals surface area contributed by atoms with Crippen molar-refractivity contribution < 1.29 is 32.2 Å². The Hall–Kier alpha value is -2.15. The van der Waals surface area contributed by atoms with Crippen molar-refractivity contribution in [2.24, 2.45) is 0 Å². The van der Waals surface area contributed by atoms with Crippen LogP contribution in [0.5, 0.6) is 0 Å². The number of ether oxygens (including phenoxy) is 1. The summed E-state index contributed by atoms with van der Waals surface area (Å²) in [7, 11) is 0. The molecule has 0 saturated carbocycles. The zero-order chi connectivity index (χ0) is 16.6. The van der Waals surface area contributed by atoms with Crippen molar-refractivity contribution in [3.63, 3.8) is 0 Å². The fourth-order valence-electron chi connectivity index (χ4n) is 1.40. The summed E-state index contributed by atoms with van der Waals surface area (Å²) in [6.45, 7) is -1.80. The lowest BCUT2D eigenvalue weighted by atomic mass is 10.1. The van der Waals surface area contributed by atoms with Crippen molar-refractivity contribution in [1.82, 2.24) is 0 Å². The lowest BCUT2D eigenvalue weighted by Gasteiger charge is -2.23. The van der Waals surface area contributed by atoms with Gasteiger partial charge in [0.25, 0.3) is 0 Å². The van der Waals surface area contributed by atoms with E-state index in [4.69, 9.17) is 5.11 Å². The van der Waals surface area contributed by atoms with E-state index < -0.39 is 24.4 Å². The van der Waals surface area contributed by atoms with Crippen LogP contribution in [-0.2, 0) is 9.53 Å². The minimum atomic E-state index is -4.60. The van der Waals surface area contributed by atoms with E-state index in [1.165, 1.54) is 6.08 Å². The highest BCUT2D eigenvalue weighted by Crippen LogP contribution is 2.35. The van der Waals surface area contributed by atoms with E-state index in [9.17, 15) is 22.4 Å². The van der Waals surface area contributed by atoms with Gasteiger partial charge in [0.1, 0.15) is 6.61 Å². The van der Waals surface area contributed by atoms with Crippen LogP contribution in [0.4, 0.5) is 17.6 Å². The second-order valence-electron chi connectivity index (χ2n) is 4.33. The molecule has 1 N–H and O–H groups in total. The first-order valence-corrected chi connectivity index (χ1v) is 6.22. The zero-order valence-electron chi connectivity index (χ0n) is 11.4. The summed E-state index contributed by atoms with van der Waals surface area (Å²) in [5.74, 6) is -10.8. The van der Waals surface area contributed by atoms with Crippen molar-refractivity contribution in [3.05, 3.63) is 54.1 Å². The zero-order valence-corrected chi connectivity index (χ0v) is 11.4. The van der Waals surface area contributed by atoms with Crippen LogP contribution in [0.2, 0.25) is 0 Å². The van der Waals surface area contributed by atoms with Gasteiger partial charge in [-0.2, -0.15) is 17.6 Å². The average Bonchev–Trinajstić information content (AvgIpc) is 2.45. The Morgan fingerprint density at radius 2 is 1.82 bits per heavy atom. The Bertz CT molecular complexity index is 539. The molecule has 1 rings (SSSR count). The smallest absolute Gasteiger partial charge is 0.336 e. The molecule has 0 aliphatic heterocycles. The Balaban J connectivity index is 2.48. The van der Waals surface area contributed by atoms with Crippen LogP contribution in [-0.4, -0.2) is 36.1 Å². The van der Waals surface area contributed by atoms with Crippen LogP contribution in [0, 0.1) is 0 Å². The molecule has 0 atom stereocenters. The maximum Gasteiger partial charge on any atom is 0.336 e. The van der Waals surface area contributed by atoms with E-state index in [2.05, 4.69) is 4.74 Å². The summed E-state index contributed by atoms with van der Waals surface area (Å²) in [6, 6.07) is 8.92. The number of allylic oxidation sites excluding steroid dienone is 1. The van der Waals surface area contributed by atoms with E-state index in [-0.39, 0.29) is 18.8 Å². The number of halogens is 4. The summed E-state index contributed by atoms with van der Waals surface area (Å²) in [4.78, 5) is 10.1. The molecule has 0 heterocycles. The number of rotatable bonds is 8.